The van der Waals surface area contributed by atoms with Crippen molar-refractivity contribution in [2.75, 3.05) is 4.90 Å². The first-order valence-electron chi connectivity index (χ1n) is 8.66. The van der Waals surface area contributed by atoms with Gasteiger partial charge in [-0.2, -0.15) is 0 Å². The number of carbonyl (C=O) groups is 1. The van der Waals surface area contributed by atoms with Gasteiger partial charge in [-0.1, -0.05) is 42.5 Å². The fourth-order valence-corrected chi connectivity index (χ4v) is 3.41. The van der Waals surface area contributed by atoms with Crippen LogP contribution in [0, 0.1) is 0 Å². The molecule has 1 aliphatic heterocycles. The summed E-state index contributed by atoms with van der Waals surface area (Å²) in [6, 6.07) is 12.8. The largest absolute Gasteiger partial charge is 0.443 e. The quantitative estimate of drug-likeness (QED) is 0.835. The van der Waals surface area contributed by atoms with Crippen molar-refractivity contribution in [2.45, 2.75) is 44.4 Å². The topological polar surface area (TPSA) is 62.7 Å². The zero-order valence-corrected chi connectivity index (χ0v) is 15.3. The summed E-state index contributed by atoms with van der Waals surface area (Å²) in [7, 11) is 0. The summed E-state index contributed by atoms with van der Waals surface area (Å²) in [5.41, 5.74) is -0.894. The number of carbonyl (C=O) groups excluding carboxylic acids is 1. The number of fused-ring (bicyclic) bond motifs is 1. The minimum Gasteiger partial charge on any atom is -0.443 e. The van der Waals surface area contributed by atoms with E-state index >= 15 is 0 Å². The van der Waals surface area contributed by atoms with Gasteiger partial charge in [-0.3, -0.25) is 0 Å². The smallest absolute Gasteiger partial charge is 0.418 e. The van der Waals surface area contributed by atoms with Gasteiger partial charge in [0, 0.05) is 23.2 Å². The van der Waals surface area contributed by atoms with Gasteiger partial charge < -0.3 is 9.84 Å². The summed E-state index contributed by atoms with van der Waals surface area (Å²) in [6.07, 6.45) is 3.21. The van der Waals surface area contributed by atoms with Gasteiger partial charge in [-0.15, -0.1) is 6.58 Å². The molecule has 0 saturated carbocycles. The zero-order valence-electron chi connectivity index (χ0n) is 15.3. The van der Waals surface area contributed by atoms with E-state index in [0.29, 0.717) is 17.8 Å². The van der Waals surface area contributed by atoms with Crippen LogP contribution < -0.4 is 4.90 Å². The number of pyridine rings is 1. The van der Waals surface area contributed by atoms with E-state index < -0.39 is 23.3 Å². The van der Waals surface area contributed by atoms with E-state index in [2.05, 4.69) is 11.6 Å². The summed E-state index contributed by atoms with van der Waals surface area (Å²) in [5.74, 6) is 0.0265. The third-order valence-electron chi connectivity index (χ3n) is 4.41. The molecule has 0 radical (unpaired) electrons. The second-order valence-corrected chi connectivity index (χ2v) is 7.40. The molecule has 5 heteroatoms. The Hall–Kier alpha value is -2.66. The van der Waals surface area contributed by atoms with E-state index in [0.717, 1.165) is 5.56 Å². The Morgan fingerprint density at radius 3 is 2.62 bits per heavy atom. The molecule has 1 aromatic heterocycles. The number of anilines is 1. The Bertz CT molecular complexity index is 814. The number of benzene rings is 1. The third kappa shape index (κ3) is 2.99. The van der Waals surface area contributed by atoms with Gasteiger partial charge >= 0.3 is 6.09 Å². The van der Waals surface area contributed by atoms with Crippen LogP contribution in [0.1, 0.15) is 44.2 Å². The number of allylic oxidation sites excluding steroid dienone is 1. The molecule has 0 aliphatic carbocycles. The van der Waals surface area contributed by atoms with Crippen molar-refractivity contribution < 1.29 is 14.6 Å². The van der Waals surface area contributed by atoms with Crippen molar-refractivity contribution in [1.29, 1.82) is 0 Å². The highest BCUT2D eigenvalue weighted by molar-refractivity contribution is 5.92. The van der Waals surface area contributed by atoms with Crippen LogP contribution in [0.2, 0.25) is 0 Å². The Kier molecular flexibility index (Phi) is 4.59. The van der Waals surface area contributed by atoms with E-state index in [-0.39, 0.29) is 0 Å². The Morgan fingerprint density at radius 1 is 1.31 bits per heavy atom. The molecule has 1 aromatic carbocycles. The molecular formula is C21H24N2O3. The summed E-state index contributed by atoms with van der Waals surface area (Å²) >= 11 is 0. The number of aliphatic hydroxyl groups is 1. The molecule has 0 saturated heterocycles. The van der Waals surface area contributed by atoms with Crippen molar-refractivity contribution in [1.82, 2.24) is 4.98 Å². The second kappa shape index (κ2) is 6.57. The first kappa shape index (κ1) is 18.1. The summed E-state index contributed by atoms with van der Waals surface area (Å²) < 4.78 is 5.58. The fourth-order valence-electron chi connectivity index (χ4n) is 3.41. The van der Waals surface area contributed by atoms with Gasteiger partial charge in [-0.05, 0) is 33.3 Å². The molecule has 2 unspecified atom stereocenters. The van der Waals surface area contributed by atoms with Crippen LogP contribution in [0.25, 0.3) is 0 Å². The SMILES string of the molecule is C=CCC1c2cccnc2N(C(=O)OC(C)(C)C)C1(O)c1ccccc1. The van der Waals surface area contributed by atoms with Crippen molar-refractivity contribution in [3.05, 3.63) is 72.4 Å². The van der Waals surface area contributed by atoms with Crippen LogP contribution >= 0.6 is 0 Å². The molecule has 1 N–H and O–H groups in total. The van der Waals surface area contributed by atoms with Crippen molar-refractivity contribution in [3.63, 3.8) is 0 Å². The standard InChI is InChI=1S/C21H24N2O3/c1-5-10-17-16-13-9-14-22-18(16)23(19(24)26-20(2,3)4)21(17,25)15-11-7-6-8-12-15/h5-9,11-14,17,25H,1,10H2,2-4H3. The molecule has 26 heavy (non-hydrogen) atoms. The van der Waals surface area contributed by atoms with Crippen LogP contribution in [0.3, 0.4) is 0 Å². The molecule has 1 aliphatic rings. The lowest BCUT2D eigenvalue weighted by Gasteiger charge is -2.38. The van der Waals surface area contributed by atoms with Gasteiger partial charge in [0.1, 0.15) is 11.4 Å². The number of nitrogens with zero attached hydrogens (tertiary/aromatic N) is 2. The molecule has 2 heterocycles. The lowest BCUT2D eigenvalue weighted by molar-refractivity contribution is -0.00257. The summed E-state index contributed by atoms with van der Waals surface area (Å²) in [6.45, 7) is 9.20. The first-order chi connectivity index (χ1) is 12.3. The van der Waals surface area contributed by atoms with Crippen molar-refractivity contribution >= 4 is 11.9 Å². The van der Waals surface area contributed by atoms with E-state index in [1.54, 1.807) is 51.2 Å². The predicted molar refractivity (Wildman–Crippen MR) is 101 cm³/mol. The number of hydrogen-bond donors (Lipinski definition) is 1. The van der Waals surface area contributed by atoms with Crippen LogP contribution in [0.4, 0.5) is 10.6 Å². The fraction of sp³-hybridized carbons (Fsp3) is 0.333. The Morgan fingerprint density at radius 2 is 2.00 bits per heavy atom. The minimum atomic E-state index is -1.60. The molecule has 2 aromatic rings. The van der Waals surface area contributed by atoms with Gasteiger partial charge in [0.2, 0.25) is 0 Å². The average molecular weight is 352 g/mol. The Balaban J connectivity index is 2.20. The number of ether oxygens (including phenoxy) is 1. The van der Waals surface area contributed by atoms with Crippen LogP contribution in [-0.4, -0.2) is 21.8 Å². The van der Waals surface area contributed by atoms with E-state index in [9.17, 15) is 9.90 Å². The molecule has 3 rings (SSSR count). The monoisotopic (exact) mass is 352 g/mol. The van der Waals surface area contributed by atoms with E-state index in [1.165, 1.54) is 4.90 Å². The zero-order chi connectivity index (χ0) is 18.9. The van der Waals surface area contributed by atoms with Crippen molar-refractivity contribution in [2.24, 2.45) is 0 Å². The third-order valence-corrected chi connectivity index (χ3v) is 4.41. The molecule has 136 valence electrons. The van der Waals surface area contributed by atoms with Gasteiger partial charge in [-0.25, -0.2) is 14.7 Å². The Labute approximate surface area is 153 Å². The maximum absolute atomic E-state index is 13.0. The average Bonchev–Trinajstić information content (AvgIpc) is 2.84. The second-order valence-electron chi connectivity index (χ2n) is 7.40. The molecule has 0 spiro atoms. The van der Waals surface area contributed by atoms with Gasteiger partial charge in [0.05, 0.1) is 0 Å². The molecule has 1 amide bonds. The molecular weight excluding hydrogens is 328 g/mol. The molecule has 0 fully saturated rings. The number of rotatable bonds is 3. The minimum absolute atomic E-state index is 0.390. The maximum Gasteiger partial charge on any atom is 0.418 e. The van der Waals surface area contributed by atoms with Crippen LogP contribution in [0.5, 0.6) is 0 Å². The van der Waals surface area contributed by atoms with Gasteiger partial charge in [0.25, 0.3) is 0 Å². The summed E-state index contributed by atoms with van der Waals surface area (Å²) in [4.78, 5) is 18.7. The van der Waals surface area contributed by atoms with Crippen LogP contribution in [0.15, 0.2) is 61.3 Å². The maximum atomic E-state index is 13.0. The number of hydrogen-bond acceptors (Lipinski definition) is 4. The lowest BCUT2D eigenvalue weighted by atomic mass is 9.84. The number of aromatic nitrogens is 1. The normalized spacial score (nSPS) is 22.0. The first-order valence-corrected chi connectivity index (χ1v) is 8.66. The molecule has 5 nitrogen and oxygen atoms in total. The van der Waals surface area contributed by atoms with E-state index in [1.807, 2.05) is 24.3 Å². The predicted octanol–water partition coefficient (Wildman–Crippen LogP) is 4.34. The molecule has 0 bridgehead atoms. The highest BCUT2D eigenvalue weighted by Crippen LogP contribution is 2.52. The highest BCUT2D eigenvalue weighted by atomic mass is 16.6. The van der Waals surface area contributed by atoms with Crippen molar-refractivity contribution in [3.8, 4) is 0 Å². The lowest BCUT2D eigenvalue weighted by Crippen LogP contribution is -2.51. The van der Waals surface area contributed by atoms with Crippen LogP contribution in [-0.2, 0) is 10.5 Å². The highest BCUT2D eigenvalue weighted by Gasteiger charge is 2.55. The summed E-state index contributed by atoms with van der Waals surface area (Å²) in [5, 5.41) is 11.8. The molecule has 2 atom stereocenters. The van der Waals surface area contributed by atoms with E-state index in [4.69, 9.17) is 4.74 Å². The number of amides is 1. The van der Waals surface area contributed by atoms with Gasteiger partial charge in [0.15, 0.2) is 5.72 Å².